The fourth-order valence-corrected chi connectivity index (χ4v) is 1.93. The van der Waals surface area contributed by atoms with Crippen LogP contribution in [0.25, 0.3) is 0 Å². The number of nitrogens with zero attached hydrogens (tertiary/aromatic N) is 1. The van der Waals surface area contributed by atoms with Gasteiger partial charge in [0.25, 0.3) is 0 Å². The molecule has 1 N–H and O–H groups in total. The molecule has 1 heterocycles. The minimum atomic E-state index is 0.392. The van der Waals surface area contributed by atoms with Gasteiger partial charge in [-0.3, -0.25) is 0 Å². The van der Waals surface area contributed by atoms with Crippen molar-refractivity contribution in [2.75, 3.05) is 37.5 Å². The Morgan fingerprint density at radius 2 is 2.31 bits per heavy atom. The van der Waals surface area contributed by atoms with Crippen LogP contribution >= 0.6 is 0 Å². The lowest BCUT2D eigenvalue weighted by Crippen LogP contribution is -2.18. The quantitative estimate of drug-likeness (QED) is 0.843. The van der Waals surface area contributed by atoms with E-state index in [9.17, 15) is 0 Å². The highest BCUT2D eigenvalue weighted by Crippen LogP contribution is 2.18. The first-order valence-electron chi connectivity index (χ1n) is 5.88. The maximum Gasteiger partial charge on any atom is 0.0748 e. The van der Waals surface area contributed by atoms with E-state index in [1.807, 2.05) is 0 Å². The molecule has 3 nitrogen and oxygen atoms in total. The second-order valence-electron chi connectivity index (χ2n) is 4.46. The van der Waals surface area contributed by atoms with Crippen LogP contribution < -0.4 is 10.2 Å². The normalized spacial score (nSPS) is 19.8. The Morgan fingerprint density at radius 3 is 3.00 bits per heavy atom. The Kier molecular flexibility index (Phi) is 3.67. The summed E-state index contributed by atoms with van der Waals surface area (Å²) in [5, 5.41) is 3.43. The van der Waals surface area contributed by atoms with Crippen molar-refractivity contribution in [3.63, 3.8) is 0 Å². The number of nitrogens with one attached hydrogen (secondary N) is 1. The van der Waals surface area contributed by atoms with Crippen LogP contribution in [0, 0.1) is 0 Å². The van der Waals surface area contributed by atoms with Crippen molar-refractivity contribution in [3.05, 3.63) is 24.3 Å². The Morgan fingerprint density at radius 1 is 1.44 bits per heavy atom. The third kappa shape index (κ3) is 2.89. The number of hydrogen-bond acceptors (Lipinski definition) is 3. The topological polar surface area (TPSA) is 24.5 Å². The summed E-state index contributed by atoms with van der Waals surface area (Å²) in [6.45, 7) is 1.83. The first-order valence-corrected chi connectivity index (χ1v) is 5.88. The van der Waals surface area contributed by atoms with Gasteiger partial charge in [0, 0.05) is 38.6 Å². The van der Waals surface area contributed by atoms with E-state index in [-0.39, 0.29) is 0 Å². The minimum absolute atomic E-state index is 0.392. The van der Waals surface area contributed by atoms with Crippen LogP contribution in [-0.2, 0) is 4.74 Å². The third-order valence-electron chi connectivity index (χ3n) is 2.92. The average molecular weight is 220 g/mol. The van der Waals surface area contributed by atoms with Gasteiger partial charge in [0.2, 0.25) is 0 Å². The van der Waals surface area contributed by atoms with Crippen LogP contribution in [0.3, 0.4) is 0 Å². The summed E-state index contributed by atoms with van der Waals surface area (Å²) in [4.78, 5) is 2.11. The van der Waals surface area contributed by atoms with Crippen molar-refractivity contribution in [2.24, 2.45) is 0 Å². The number of benzene rings is 1. The van der Waals surface area contributed by atoms with Gasteiger partial charge < -0.3 is 15.0 Å². The van der Waals surface area contributed by atoms with Gasteiger partial charge in [-0.1, -0.05) is 6.07 Å². The van der Waals surface area contributed by atoms with Gasteiger partial charge in [-0.15, -0.1) is 0 Å². The van der Waals surface area contributed by atoms with Crippen LogP contribution in [0.5, 0.6) is 0 Å². The lowest BCUT2D eigenvalue weighted by Gasteiger charge is -2.16. The molecule has 0 radical (unpaired) electrons. The Labute approximate surface area is 97.4 Å². The fourth-order valence-electron chi connectivity index (χ4n) is 1.93. The molecule has 1 aliphatic heterocycles. The van der Waals surface area contributed by atoms with E-state index < -0.39 is 0 Å². The van der Waals surface area contributed by atoms with E-state index in [4.69, 9.17) is 4.74 Å². The zero-order valence-corrected chi connectivity index (χ0v) is 10.1. The van der Waals surface area contributed by atoms with Crippen LogP contribution in [0.4, 0.5) is 11.4 Å². The second kappa shape index (κ2) is 5.21. The number of anilines is 2. The molecule has 1 unspecified atom stereocenters. The van der Waals surface area contributed by atoms with Crippen molar-refractivity contribution >= 4 is 11.4 Å². The molecular formula is C13H20N2O. The van der Waals surface area contributed by atoms with Gasteiger partial charge in [-0.05, 0) is 31.0 Å². The van der Waals surface area contributed by atoms with Gasteiger partial charge >= 0.3 is 0 Å². The number of hydrogen-bond donors (Lipinski definition) is 1. The molecule has 1 atom stereocenters. The van der Waals surface area contributed by atoms with Crippen molar-refractivity contribution in [1.29, 1.82) is 0 Å². The summed E-state index contributed by atoms with van der Waals surface area (Å²) in [6, 6.07) is 8.45. The fraction of sp³-hybridized carbons (Fsp3) is 0.538. The predicted molar refractivity (Wildman–Crippen MR) is 68.2 cm³/mol. The maximum absolute atomic E-state index is 5.58. The molecule has 0 saturated carbocycles. The third-order valence-corrected chi connectivity index (χ3v) is 2.92. The Hall–Kier alpha value is -1.22. The van der Waals surface area contributed by atoms with Crippen molar-refractivity contribution in [3.8, 4) is 0 Å². The molecular weight excluding hydrogens is 200 g/mol. The highest BCUT2D eigenvalue weighted by Gasteiger charge is 2.14. The summed E-state index contributed by atoms with van der Waals surface area (Å²) in [5.41, 5.74) is 2.39. The molecule has 1 aromatic carbocycles. The molecule has 0 bridgehead atoms. The van der Waals surface area contributed by atoms with E-state index in [0.717, 1.165) is 13.2 Å². The molecule has 2 rings (SSSR count). The average Bonchev–Trinajstić information content (AvgIpc) is 2.79. The van der Waals surface area contributed by atoms with E-state index in [1.165, 1.54) is 24.2 Å². The van der Waals surface area contributed by atoms with Crippen LogP contribution in [0.2, 0.25) is 0 Å². The number of ether oxygens (including phenoxy) is 1. The second-order valence-corrected chi connectivity index (χ2v) is 4.46. The molecule has 3 heteroatoms. The first kappa shape index (κ1) is 11.3. The molecule has 0 aromatic heterocycles. The number of rotatable bonds is 4. The summed E-state index contributed by atoms with van der Waals surface area (Å²) >= 11 is 0. The van der Waals surface area contributed by atoms with Crippen molar-refractivity contribution in [2.45, 2.75) is 18.9 Å². The van der Waals surface area contributed by atoms with Crippen molar-refractivity contribution < 1.29 is 4.74 Å². The molecule has 0 spiro atoms. The summed E-state index contributed by atoms with van der Waals surface area (Å²) in [6.07, 6.45) is 2.77. The van der Waals surface area contributed by atoms with Gasteiger partial charge in [0.05, 0.1) is 6.10 Å². The monoisotopic (exact) mass is 220 g/mol. The summed E-state index contributed by atoms with van der Waals surface area (Å²) in [5.74, 6) is 0. The Bertz CT molecular complexity index is 332. The van der Waals surface area contributed by atoms with Crippen LogP contribution in [0.15, 0.2) is 24.3 Å². The van der Waals surface area contributed by atoms with Gasteiger partial charge in [-0.25, -0.2) is 0 Å². The SMILES string of the molecule is CN(C)c1cccc(NCC2CCCO2)c1. The molecule has 1 aliphatic rings. The van der Waals surface area contributed by atoms with E-state index in [1.54, 1.807) is 0 Å². The molecule has 88 valence electrons. The van der Waals surface area contributed by atoms with E-state index in [2.05, 4.69) is 48.6 Å². The van der Waals surface area contributed by atoms with Gasteiger partial charge in [0.15, 0.2) is 0 Å². The molecule has 16 heavy (non-hydrogen) atoms. The highest BCUT2D eigenvalue weighted by molar-refractivity contribution is 5.57. The Balaban J connectivity index is 1.90. The molecule has 1 saturated heterocycles. The zero-order chi connectivity index (χ0) is 11.4. The van der Waals surface area contributed by atoms with Crippen LogP contribution in [0.1, 0.15) is 12.8 Å². The molecule has 1 aromatic rings. The smallest absolute Gasteiger partial charge is 0.0748 e. The lowest BCUT2D eigenvalue weighted by molar-refractivity contribution is 0.120. The summed E-state index contributed by atoms with van der Waals surface area (Å²) in [7, 11) is 4.11. The standard InChI is InChI=1S/C13H20N2O/c1-15(2)12-6-3-5-11(9-12)14-10-13-7-4-8-16-13/h3,5-6,9,13-14H,4,7-8,10H2,1-2H3. The zero-order valence-electron chi connectivity index (χ0n) is 10.1. The molecule has 0 aliphatic carbocycles. The van der Waals surface area contributed by atoms with E-state index >= 15 is 0 Å². The molecule has 1 fully saturated rings. The lowest BCUT2D eigenvalue weighted by atomic mass is 10.2. The van der Waals surface area contributed by atoms with Crippen LogP contribution in [-0.4, -0.2) is 33.4 Å². The summed E-state index contributed by atoms with van der Waals surface area (Å²) < 4.78 is 5.58. The maximum atomic E-state index is 5.58. The molecule has 0 amide bonds. The highest BCUT2D eigenvalue weighted by atomic mass is 16.5. The first-order chi connectivity index (χ1) is 7.75. The van der Waals surface area contributed by atoms with Gasteiger partial charge in [0.1, 0.15) is 0 Å². The van der Waals surface area contributed by atoms with Crippen molar-refractivity contribution in [1.82, 2.24) is 0 Å². The largest absolute Gasteiger partial charge is 0.382 e. The van der Waals surface area contributed by atoms with Gasteiger partial charge in [-0.2, -0.15) is 0 Å². The minimum Gasteiger partial charge on any atom is -0.382 e. The predicted octanol–water partition coefficient (Wildman–Crippen LogP) is 2.34. The van der Waals surface area contributed by atoms with E-state index in [0.29, 0.717) is 6.10 Å².